The molecule has 0 aliphatic rings. The van der Waals surface area contributed by atoms with Gasteiger partial charge >= 0.3 is 11.9 Å². The Morgan fingerprint density at radius 3 is 0.988 bits per heavy atom. The molecule has 0 rings (SSSR count). The molecule has 0 saturated heterocycles. The smallest absolute Gasteiger partial charge is 0.306 e. The van der Waals surface area contributed by atoms with E-state index in [0.29, 0.717) is 17.4 Å². The zero-order valence-corrected chi connectivity index (χ0v) is 55.4. The van der Waals surface area contributed by atoms with Crippen LogP contribution in [0.3, 0.4) is 0 Å². The van der Waals surface area contributed by atoms with E-state index in [1.54, 1.807) is 0 Å². The third-order valence-electron chi connectivity index (χ3n) is 15.9. The highest BCUT2D eigenvalue weighted by Gasteiger charge is 2.22. The molecule has 0 amide bonds. The van der Waals surface area contributed by atoms with Crippen LogP contribution in [-0.4, -0.2) is 70.0 Å². The van der Waals surface area contributed by atoms with E-state index in [4.69, 9.17) is 18.5 Å². The van der Waals surface area contributed by atoms with E-state index in [0.717, 1.165) is 51.4 Å². The van der Waals surface area contributed by atoms with Crippen molar-refractivity contribution in [3.05, 3.63) is 36.5 Å². The first-order chi connectivity index (χ1) is 39.5. The van der Waals surface area contributed by atoms with Gasteiger partial charge in [-0.25, -0.2) is 0 Å². The molecule has 9 nitrogen and oxygen atoms in total. The maximum absolute atomic E-state index is 12.9. The summed E-state index contributed by atoms with van der Waals surface area (Å²) in [6.07, 6.45) is 79.4. The first-order valence-corrected chi connectivity index (χ1v) is 36.7. The number of unbranched alkanes of at least 4 members (excludes halogenated alkanes) is 46. The summed E-state index contributed by atoms with van der Waals surface area (Å²) in [7, 11) is 1.18. The molecule has 478 valence electrons. The predicted molar refractivity (Wildman–Crippen MR) is 347 cm³/mol. The molecular weight excluding hydrogens is 1030 g/mol. The quantitative estimate of drug-likeness (QED) is 0.0195. The van der Waals surface area contributed by atoms with Crippen molar-refractivity contribution >= 4 is 19.8 Å². The van der Waals surface area contributed by atoms with Crippen LogP contribution in [0.2, 0.25) is 0 Å². The van der Waals surface area contributed by atoms with Crippen LogP contribution in [0, 0.1) is 0 Å². The van der Waals surface area contributed by atoms with E-state index < -0.39 is 26.5 Å². The lowest BCUT2D eigenvalue weighted by Gasteiger charge is -2.28. The van der Waals surface area contributed by atoms with Crippen LogP contribution >= 0.6 is 7.82 Å². The monoisotopic (exact) mass is 1160 g/mol. The third kappa shape index (κ3) is 67.2. The second kappa shape index (κ2) is 62.8. The molecule has 0 aromatic heterocycles. The van der Waals surface area contributed by atoms with Gasteiger partial charge in [-0.15, -0.1) is 0 Å². The topological polar surface area (TPSA) is 111 Å². The van der Waals surface area contributed by atoms with Gasteiger partial charge in [0.2, 0.25) is 0 Å². The molecule has 0 saturated carbocycles. The number of quaternary nitrogens is 1. The molecule has 10 heteroatoms. The Kier molecular flexibility index (Phi) is 61.4. The van der Waals surface area contributed by atoms with E-state index in [2.05, 4.69) is 50.3 Å². The van der Waals surface area contributed by atoms with Crippen LogP contribution in [0.15, 0.2) is 36.5 Å². The Labute approximate surface area is 503 Å². The standard InChI is InChI=1S/C71H136NO8P/c1-6-8-10-12-14-16-18-20-22-24-26-28-30-32-34-35-36-38-39-41-43-45-47-49-51-53-55-57-59-61-63-70(73)77-67-69(68-79-81(75,76)78-66-65-72(3,4)5)80-71(74)64-62-60-58-56-54-52-50-48-46-44-42-40-37-33-31-29-27-25-23-21-19-17-15-13-11-9-7-2/h19,21,25,27,31,33,69H,6-18,20,22-24,26,28-30,32,34-68H2,1-5H3/b21-19-,27-25-,33-31-. The Morgan fingerprint density at radius 2 is 0.667 bits per heavy atom. The van der Waals surface area contributed by atoms with Crippen molar-refractivity contribution in [2.75, 3.05) is 47.5 Å². The molecule has 0 aromatic carbocycles. The Bertz CT molecular complexity index is 1460. The van der Waals surface area contributed by atoms with E-state index in [1.165, 1.54) is 270 Å². The molecule has 2 unspecified atom stereocenters. The first-order valence-electron chi connectivity index (χ1n) is 35.2. The molecule has 0 aliphatic heterocycles. The first kappa shape index (κ1) is 79.2. The van der Waals surface area contributed by atoms with Crippen LogP contribution in [0.1, 0.15) is 354 Å². The summed E-state index contributed by atoms with van der Waals surface area (Å²) in [4.78, 5) is 38.1. The number of carbonyl (C=O) groups is 2. The lowest BCUT2D eigenvalue weighted by Crippen LogP contribution is -2.37. The number of ether oxygens (including phenoxy) is 2. The van der Waals surface area contributed by atoms with E-state index in [1.807, 2.05) is 21.1 Å². The molecule has 81 heavy (non-hydrogen) atoms. The van der Waals surface area contributed by atoms with Crippen molar-refractivity contribution < 1.29 is 42.1 Å². The number of phosphoric acid groups is 1. The van der Waals surface area contributed by atoms with E-state index in [9.17, 15) is 19.0 Å². The fourth-order valence-corrected chi connectivity index (χ4v) is 11.2. The lowest BCUT2D eigenvalue weighted by molar-refractivity contribution is -0.870. The molecule has 0 aliphatic carbocycles. The number of carbonyl (C=O) groups excluding carboxylic acids is 2. The number of nitrogens with zero attached hydrogens (tertiary/aromatic N) is 1. The highest BCUT2D eigenvalue weighted by Crippen LogP contribution is 2.38. The zero-order chi connectivity index (χ0) is 59.1. The number of likely N-dealkylation sites (N-methyl/N-ethyl adjacent to an activating group) is 1. The summed E-state index contributed by atoms with van der Waals surface area (Å²) in [5.74, 6) is -0.816. The minimum Gasteiger partial charge on any atom is -0.756 e. The third-order valence-corrected chi connectivity index (χ3v) is 16.9. The summed E-state index contributed by atoms with van der Waals surface area (Å²) in [5, 5.41) is 0. The molecule has 0 N–H and O–H groups in total. The van der Waals surface area contributed by atoms with E-state index >= 15 is 0 Å². The van der Waals surface area contributed by atoms with Gasteiger partial charge in [0.05, 0.1) is 27.7 Å². The van der Waals surface area contributed by atoms with Gasteiger partial charge in [0.1, 0.15) is 19.8 Å². The fraction of sp³-hybridized carbons (Fsp3) is 0.887. The average molecular weight is 1160 g/mol. The van der Waals surface area contributed by atoms with Gasteiger partial charge < -0.3 is 27.9 Å². The fourth-order valence-electron chi connectivity index (χ4n) is 10.5. The number of hydrogen-bond donors (Lipinski definition) is 0. The Balaban J connectivity index is 4.01. The molecule has 0 bridgehead atoms. The van der Waals surface area contributed by atoms with Crippen molar-refractivity contribution in [3.8, 4) is 0 Å². The Morgan fingerprint density at radius 1 is 0.383 bits per heavy atom. The minimum absolute atomic E-state index is 0.0291. The van der Waals surface area contributed by atoms with Gasteiger partial charge in [-0.2, -0.15) is 0 Å². The van der Waals surface area contributed by atoms with Crippen molar-refractivity contribution in [2.24, 2.45) is 0 Å². The second-order valence-corrected chi connectivity index (χ2v) is 26.7. The summed E-state index contributed by atoms with van der Waals surface area (Å²) in [6.45, 7) is 4.29. The van der Waals surface area contributed by atoms with E-state index in [-0.39, 0.29) is 32.0 Å². The van der Waals surface area contributed by atoms with Crippen LogP contribution in [0.5, 0.6) is 0 Å². The van der Waals surface area contributed by atoms with Gasteiger partial charge in [-0.05, 0) is 51.4 Å². The molecule has 0 heterocycles. The van der Waals surface area contributed by atoms with Gasteiger partial charge in [-0.1, -0.05) is 326 Å². The second-order valence-electron chi connectivity index (χ2n) is 25.3. The maximum atomic E-state index is 12.9. The number of esters is 2. The highest BCUT2D eigenvalue weighted by atomic mass is 31.2. The molecule has 0 aromatic rings. The van der Waals surface area contributed by atoms with Gasteiger partial charge in [0, 0.05) is 12.8 Å². The summed E-state index contributed by atoms with van der Waals surface area (Å²) in [5.41, 5.74) is 0. The lowest BCUT2D eigenvalue weighted by atomic mass is 10.0. The average Bonchev–Trinajstić information content (AvgIpc) is 3.43. The molecular formula is C71H136NO8P. The van der Waals surface area contributed by atoms with Crippen LogP contribution in [0.4, 0.5) is 0 Å². The summed E-state index contributed by atoms with van der Waals surface area (Å²) >= 11 is 0. The van der Waals surface area contributed by atoms with Gasteiger partial charge in [-0.3, -0.25) is 14.2 Å². The number of rotatable bonds is 66. The SMILES string of the molecule is CCCCCCC/C=C\C/C=C\C/C=C\CCCCCCCCCCCCCCC(=O)OC(COC(=O)CCCCCCCCCCCCCCCCCCCCCCCCCCCCCCCC)COP(=O)([O-])OCC[N+](C)(C)C. The van der Waals surface area contributed by atoms with Gasteiger partial charge in [0.15, 0.2) is 6.10 Å². The van der Waals surface area contributed by atoms with Crippen LogP contribution < -0.4 is 4.89 Å². The van der Waals surface area contributed by atoms with Gasteiger partial charge in [0.25, 0.3) is 7.82 Å². The number of hydrogen-bond acceptors (Lipinski definition) is 8. The minimum atomic E-state index is -4.64. The molecule has 0 radical (unpaired) electrons. The zero-order valence-electron chi connectivity index (χ0n) is 54.5. The molecule has 0 fully saturated rings. The summed E-state index contributed by atoms with van der Waals surface area (Å²) in [6, 6.07) is 0. The highest BCUT2D eigenvalue weighted by molar-refractivity contribution is 7.45. The molecule has 2 atom stereocenters. The van der Waals surface area contributed by atoms with Crippen molar-refractivity contribution in [1.82, 2.24) is 0 Å². The summed E-state index contributed by atoms with van der Waals surface area (Å²) < 4.78 is 34.3. The Hall–Kier alpha value is -1.77. The normalized spacial score (nSPS) is 13.3. The maximum Gasteiger partial charge on any atom is 0.306 e. The number of phosphoric ester groups is 1. The molecule has 0 spiro atoms. The van der Waals surface area contributed by atoms with Crippen LogP contribution in [0.25, 0.3) is 0 Å². The van der Waals surface area contributed by atoms with Crippen LogP contribution in [-0.2, 0) is 32.7 Å². The van der Waals surface area contributed by atoms with Crippen molar-refractivity contribution in [3.63, 3.8) is 0 Å². The predicted octanol–water partition coefficient (Wildman–Crippen LogP) is 22.0. The largest absolute Gasteiger partial charge is 0.756 e. The van der Waals surface area contributed by atoms with Crippen molar-refractivity contribution in [2.45, 2.75) is 360 Å². The van der Waals surface area contributed by atoms with Crippen molar-refractivity contribution in [1.29, 1.82) is 0 Å². The number of allylic oxidation sites excluding steroid dienone is 6.